The Kier molecular flexibility index (Phi) is 9.62. The molecular weight excluding hydrogens is 617 g/mol. The van der Waals surface area contributed by atoms with E-state index in [1.54, 1.807) is 44.6 Å². The molecule has 1 aliphatic rings. The number of hydrogen-bond donors (Lipinski definition) is 2. The second kappa shape index (κ2) is 14.2. The third kappa shape index (κ3) is 6.43. The molecule has 1 amide bonds. The SMILES string of the molecule is COc1ccc(C(OC[C@H]2O[C@H](n3ccc(NC(=O)c4ccccc4)nc3=O)[C@@H](F)[C@@H]2O)(c2ccccc2)c2ccc(OC)cc2)cc1. The van der Waals surface area contributed by atoms with Crippen molar-refractivity contribution in [1.29, 1.82) is 0 Å². The standard InChI is InChI=1S/C37H34FN3O7/c1-45-28-17-13-26(14-18-28)37(25-11-7-4-8-12-25,27-15-19-29(46-2)20-16-27)47-23-30-33(42)32(38)35(48-30)41-22-21-31(40-36(41)44)39-34(43)24-9-5-3-6-10-24/h3-22,30,32-33,35,42H,23H2,1-2H3,(H,39,40,43,44)/t30-,32+,33-,35+/m1/s1. The zero-order valence-corrected chi connectivity index (χ0v) is 26.2. The minimum atomic E-state index is -1.98. The van der Waals surface area contributed by atoms with E-state index in [-0.39, 0.29) is 12.4 Å². The van der Waals surface area contributed by atoms with E-state index in [9.17, 15) is 14.7 Å². The molecule has 1 saturated heterocycles. The van der Waals surface area contributed by atoms with Gasteiger partial charge in [0.25, 0.3) is 5.91 Å². The van der Waals surface area contributed by atoms with Gasteiger partial charge in [0, 0.05) is 11.8 Å². The molecule has 11 heteroatoms. The van der Waals surface area contributed by atoms with Gasteiger partial charge in [0.1, 0.15) is 35.1 Å². The molecule has 48 heavy (non-hydrogen) atoms. The minimum Gasteiger partial charge on any atom is -0.497 e. The lowest BCUT2D eigenvalue weighted by Gasteiger charge is -2.37. The number of carbonyl (C=O) groups excluding carboxylic acids is 1. The van der Waals surface area contributed by atoms with Gasteiger partial charge in [0.15, 0.2) is 12.4 Å². The molecule has 1 fully saturated rings. The number of rotatable bonds is 11. The van der Waals surface area contributed by atoms with Crippen LogP contribution in [0, 0.1) is 0 Å². The largest absolute Gasteiger partial charge is 0.497 e. The maximum atomic E-state index is 15.7. The fourth-order valence-corrected chi connectivity index (χ4v) is 5.80. The molecule has 2 heterocycles. The van der Waals surface area contributed by atoms with Gasteiger partial charge in [-0.2, -0.15) is 4.98 Å². The Bertz CT molecular complexity index is 1840. The molecule has 0 bridgehead atoms. The summed E-state index contributed by atoms with van der Waals surface area (Å²) in [6.07, 6.45) is -4.98. The summed E-state index contributed by atoms with van der Waals surface area (Å²) in [5.74, 6) is 0.838. The van der Waals surface area contributed by atoms with Crippen molar-refractivity contribution in [3.05, 3.63) is 154 Å². The molecule has 246 valence electrons. The van der Waals surface area contributed by atoms with Crippen molar-refractivity contribution in [3.8, 4) is 11.5 Å². The number of hydrogen-bond acceptors (Lipinski definition) is 8. The topological polar surface area (TPSA) is 121 Å². The summed E-state index contributed by atoms with van der Waals surface area (Å²) in [5, 5.41) is 13.6. The van der Waals surface area contributed by atoms with Crippen LogP contribution in [0.3, 0.4) is 0 Å². The van der Waals surface area contributed by atoms with Gasteiger partial charge in [-0.05, 0) is 59.2 Å². The molecule has 1 aromatic heterocycles. The Labute approximate surface area is 276 Å². The first-order valence-electron chi connectivity index (χ1n) is 15.3. The molecule has 0 radical (unpaired) electrons. The van der Waals surface area contributed by atoms with E-state index in [4.69, 9.17) is 18.9 Å². The number of benzene rings is 4. The number of anilines is 1. The van der Waals surface area contributed by atoms with Gasteiger partial charge in [-0.3, -0.25) is 9.36 Å². The molecular formula is C37H34FN3O7. The predicted molar refractivity (Wildman–Crippen MR) is 176 cm³/mol. The van der Waals surface area contributed by atoms with E-state index >= 15 is 4.39 Å². The number of nitrogens with zero attached hydrogens (tertiary/aromatic N) is 2. The number of halogens is 1. The summed E-state index contributed by atoms with van der Waals surface area (Å²) in [6.45, 7) is -0.252. The molecule has 4 aromatic carbocycles. The minimum absolute atomic E-state index is 0.00873. The monoisotopic (exact) mass is 651 g/mol. The van der Waals surface area contributed by atoms with Crippen molar-refractivity contribution >= 4 is 11.7 Å². The number of aliphatic hydroxyl groups is 1. The Hall–Kier alpha value is -5.36. The number of amides is 1. The molecule has 1 aliphatic heterocycles. The third-order valence-corrected chi connectivity index (χ3v) is 8.31. The van der Waals surface area contributed by atoms with Crippen LogP contribution in [-0.4, -0.2) is 59.8 Å². The van der Waals surface area contributed by atoms with Crippen molar-refractivity contribution in [3.63, 3.8) is 0 Å². The highest BCUT2D eigenvalue weighted by molar-refractivity contribution is 6.03. The van der Waals surface area contributed by atoms with Crippen molar-refractivity contribution < 1.29 is 33.2 Å². The van der Waals surface area contributed by atoms with Crippen molar-refractivity contribution in [2.75, 3.05) is 26.1 Å². The molecule has 0 saturated carbocycles. The second-order valence-corrected chi connectivity index (χ2v) is 11.1. The summed E-state index contributed by atoms with van der Waals surface area (Å²) in [4.78, 5) is 29.4. The van der Waals surface area contributed by atoms with E-state index < -0.39 is 41.8 Å². The zero-order chi connectivity index (χ0) is 33.7. The van der Waals surface area contributed by atoms with Crippen LogP contribution in [0.5, 0.6) is 11.5 Å². The number of nitrogens with one attached hydrogen (secondary N) is 1. The Morgan fingerprint density at radius 2 is 1.40 bits per heavy atom. The predicted octanol–water partition coefficient (Wildman–Crippen LogP) is 5.12. The lowest BCUT2D eigenvalue weighted by atomic mass is 9.80. The first-order valence-corrected chi connectivity index (χ1v) is 15.3. The van der Waals surface area contributed by atoms with Crippen LogP contribution >= 0.6 is 0 Å². The number of alkyl halides is 1. The average Bonchev–Trinajstić information content (AvgIpc) is 3.42. The van der Waals surface area contributed by atoms with E-state index in [1.807, 2.05) is 78.9 Å². The number of carbonyl (C=O) groups is 1. The van der Waals surface area contributed by atoms with Gasteiger partial charge in [-0.25, -0.2) is 9.18 Å². The van der Waals surface area contributed by atoms with E-state index in [2.05, 4.69) is 10.3 Å². The maximum Gasteiger partial charge on any atom is 0.351 e. The fraction of sp³-hybridized carbons (Fsp3) is 0.216. The molecule has 0 unspecified atom stereocenters. The first kappa shape index (κ1) is 32.6. The highest BCUT2D eigenvalue weighted by Crippen LogP contribution is 2.43. The zero-order valence-electron chi connectivity index (χ0n) is 26.2. The summed E-state index contributed by atoms with van der Waals surface area (Å²) in [5.41, 5.74) is 0.549. The lowest BCUT2D eigenvalue weighted by molar-refractivity contribution is -0.0950. The van der Waals surface area contributed by atoms with Gasteiger partial charge in [-0.15, -0.1) is 0 Å². The van der Waals surface area contributed by atoms with Gasteiger partial charge < -0.3 is 29.4 Å². The molecule has 5 aromatic rings. The Morgan fingerprint density at radius 1 is 0.854 bits per heavy atom. The van der Waals surface area contributed by atoms with Crippen molar-refractivity contribution in [1.82, 2.24) is 9.55 Å². The average molecular weight is 652 g/mol. The normalized spacial score (nSPS) is 19.1. The molecule has 0 aliphatic carbocycles. The molecule has 0 spiro atoms. The van der Waals surface area contributed by atoms with E-state index in [0.717, 1.165) is 21.3 Å². The molecule has 4 atom stereocenters. The molecule has 10 nitrogen and oxygen atoms in total. The lowest BCUT2D eigenvalue weighted by Crippen LogP contribution is -2.39. The Morgan fingerprint density at radius 3 is 1.94 bits per heavy atom. The Balaban J connectivity index is 1.29. The van der Waals surface area contributed by atoms with Gasteiger partial charge in [0.2, 0.25) is 0 Å². The highest BCUT2D eigenvalue weighted by Gasteiger charge is 2.48. The highest BCUT2D eigenvalue weighted by atomic mass is 19.1. The van der Waals surface area contributed by atoms with Crippen LogP contribution in [0.15, 0.2) is 126 Å². The van der Waals surface area contributed by atoms with E-state index in [1.165, 1.54) is 12.3 Å². The quantitative estimate of drug-likeness (QED) is 0.189. The van der Waals surface area contributed by atoms with E-state index in [0.29, 0.717) is 17.1 Å². The first-order chi connectivity index (χ1) is 23.3. The van der Waals surface area contributed by atoms with Gasteiger partial charge in [0.05, 0.1) is 20.8 Å². The number of methoxy groups -OCH3 is 2. The van der Waals surface area contributed by atoms with Crippen molar-refractivity contribution in [2.45, 2.75) is 30.2 Å². The third-order valence-electron chi connectivity index (χ3n) is 8.31. The van der Waals surface area contributed by atoms with Crippen LogP contribution in [0.1, 0.15) is 33.3 Å². The van der Waals surface area contributed by atoms with Gasteiger partial charge in [-0.1, -0.05) is 72.8 Å². The molecule has 6 rings (SSSR count). The summed E-state index contributed by atoms with van der Waals surface area (Å²) in [7, 11) is 3.16. The van der Waals surface area contributed by atoms with Crippen molar-refractivity contribution in [2.24, 2.45) is 0 Å². The van der Waals surface area contributed by atoms with Crippen LogP contribution < -0.4 is 20.5 Å². The van der Waals surface area contributed by atoms with Crippen LogP contribution in [-0.2, 0) is 15.1 Å². The summed E-state index contributed by atoms with van der Waals surface area (Å²) < 4.78 is 40.1. The number of aliphatic hydroxyl groups excluding tert-OH is 1. The molecule has 2 N–H and O–H groups in total. The maximum absolute atomic E-state index is 15.7. The van der Waals surface area contributed by atoms with Gasteiger partial charge >= 0.3 is 5.69 Å². The summed E-state index contributed by atoms with van der Waals surface area (Å²) >= 11 is 0. The van der Waals surface area contributed by atoms with Crippen LogP contribution in [0.2, 0.25) is 0 Å². The number of ether oxygens (including phenoxy) is 4. The second-order valence-electron chi connectivity index (χ2n) is 11.1. The van der Waals surface area contributed by atoms with Crippen LogP contribution in [0.4, 0.5) is 10.2 Å². The number of aromatic nitrogens is 2. The smallest absolute Gasteiger partial charge is 0.351 e. The fourth-order valence-electron chi connectivity index (χ4n) is 5.80. The summed E-state index contributed by atoms with van der Waals surface area (Å²) in [6, 6.07) is 34.1. The van der Waals surface area contributed by atoms with Crippen LogP contribution in [0.25, 0.3) is 0 Å².